The van der Waals surface area contributed by atoms with E-state index in [1.54, 1.807) is 24.1 Å². The maximum absolute atomic E-state index is 11.7. The molecule has 0 spiro atoms. The van der Waals surface area contributed by atoms with Crippen LogP contribution in [-0.2, 0) is 7.05 Å². The Kier molecular flexibility index (Phi) is 3.01. The van der Waals surface area contributed by atoms with E-state index in [0.29, 0.717) is 11.6 Å². The van der Waals surface area contributed by atoms with E-state index in [9.17, 15) is 4.79 Å². The summed E-state index contributed by atoms with van der Waals surface area (Å²) in [6, 6.07) is 0.305. The van der Waals surface area contributed by atoms with E-state index >= 15 is 0 Å². The molecule has 2 rings (SSSR count). The molecule has 0 aromatic carbocycles. The van der Waals surface area contributed by atoms with Crippen LogP contribution in [0.5, 0.6) is 0 Å². The largest absolute Gasteiger partial charge is 0.349 e. The zero-order valence-electron chi connectivity index (χ0n) is 8.86. The highest BCUT2D eigenvalue weighted by Gasteiger charge is 2.16. The van der Waals surface area contributed by atoms with Gasteiger partial charge in [-0.15, -0.1) is 0 Å². The molecule has 1 aromatic heterocycles. The minimum absolute atomic E-state index is 0.0185. The van der Waals surface area contributed by atoms with E-state index < -0.39 is 0 Å². The van der Waals surface area contributed by atoms with Crippen molar-refractivity contribution >= 4 is 5.91 Å². The first-order chi connectivity index (χ1) is 7.25. The van der Waals surface area contributed by atoms with Gasteiger partial charge >= 0.3 is 0 Å². The summed E-state index contributed by atoms with van der Waals surface area (Å²) >= 11 is 0. The molecule has 0 aliphatic carbocycles. The molecule has 1 aliphatic rings. The smallest absolute Gasteiger partial charge is 0.254 e. The van der Waals surface area contributed by atoms with E-state index in [0.717, 1.165) is 25.9 Å². The van der Waals surface area contributed by atoms with Gasteiger partial charge in [0.2, 0.25) is 0 Å². The molecule has 0 atom stereocenters. The average Bonchev–Trinajstić information content (AvgIpc) is 2.66. The lowest BCUT2D eigenvalue weighted by molar-refractivity contribution is 0.0929. The minimum atomic E-state index is -0.0185. The predicted octanol–water partition coefficient (Wildman–Crippen LogP) is -0.0981. The van der Waals surface area contributed by atoms with Crippen molar-refractivity contribution in [2.45, 2.75) is 18.9 Å². The molecule has 5 nitrogen and oxygen atoms in total. The van der Waals surface area contributed by atoms with Crippen molar-refractivity contribution in [3.05, 3.63) is 18.0 Å². The summed E-state index contributed by atoms with van der Waals surface area (Å²) < 4.78 is 1.64. The normalized spacial score (nSPS) is 17.7. The highest BCUT2D eigenvalue weighted by molar-refractivity contribution is 5.93. The molecule has 1 amide bonds. The second kappa shape index (κ2) is 4.44. The number of nitrogens with one attached hydrogen (secondary N) is 2. The van der Waals surface area contributed by atoms with Crippen molar-refractivity contribution in [2.24, 2.45) is 7.05 Å². The lowest BCUT2D eigenvalue weighted by Crippen LogP contribution is -2.42. The molecule has 15 heavy (non-hydrogen) atoms. The van der Waals surface area contributed by atoms with Crippen LogP contribution in [0.2, 0.25) is 0 Å². The Morgan fingerprint density at radius 1 is 1.60 bits per heavy atom. The topological polar surface area (TPSA) is 59.0 Å². The van der Waals surface area contributed by atoms with Gasteiger partial charge in [-0.25, -0.2) is 0 Å². The van der Waals surface area contributed by atoms with Crippen molar-refractivity contribution in [2.75, 3.05) is 13.1 Å². The zero-order chi connectivity index (χ0) is 10.7. The first-order valence-corrected chi connectivity index (χ1v) is 5.26. The Bertz CT molecular complexity index is 341. The first kappa shape index (κ1) is 10.2. The fraction of sp³-hybridized carbons (Fsp3) is 0.600. The summed E-state index contributed by atoms with van der Waals surface area (Å²) in [5.74, 6) is -0.0185. The van der Waals surface area contributed by atoms with Crippen LogP contribution in [0.1, 0.15) is 23.2 Å². The van der Waals surface area contributed by atoms with Crippen molar-refractivity contribution in [1.82, 2.24) is 20.4 Å². The minimum Gasteiger partial charge on any atom is -0.349 e. The monoisotopic (exact) mass is 208 g/mol. The molecular formula is C10H16N4O. The van der Waals surface area contributed by atoms with Gasteiger partial charge in [0.25, 0.3) is 5.91 Å². The molecule has 2 heterocycles. The molecule has 0 saturated carbocycles. The van der Waals surface area contributed by atoms with Crippen LogP contribution >= 0.6 is 0 Å². The van der Waals surface area contributed by atoms with Gasteiger partial charge in [-0.1, -0.05) is 0 Å². The second-order valence-electron chi connectivity index (χ2n) is 3.90. The molecule has 0 unspecified atom stereocenters. The van der Waals surface area contributed by atoms with Crippen LogP contribution in [-0.4, -0.2) is 34.8 Å². The molecule has 1 aliphatic heterocycles. The van der Waals surface area contributed by atoms with Gasteiger partial charge in [0, 0.05) is 19.3 Å². The van der Waals surface area contributed by atoms with Crippen molar-refractivity contribution in [3.8, 4) is 0 Å². The lowest BCUT2D eigenvalue weighted by atomic mass is 10.1. The Morgan fingerprint density at radius 3 is 2.93 bits per heavy atom. The van der Waals surface area contributed by atoms with Crippen molar-refractivity contribution < 1.29 is 4.79 Å². The highest BCUT2D eigenvalue weighted by Crippen LogP contribution is 2.04. The van der Waals surface area contributed by atoms with Gasteiger partial charge in [-0.2, -0.15) is 5.10 Å². The summed E-state index contributed by atoms with van der Waals surface area (Å²) in [7, 11) is 1.81. The van der Waals surface area contributed by atoms with Crippen LogP contribution < -0.4 is 10.6 Å². The zero-order valence-corrected chi connectivity index (χ0v) is 8.86. The Morgan fingerprint density at radius 2 is 2.33 bits per heavy atom. The van der Waals surface area contributed by atoms with Gasteiger partial charge in [-0.05, 0) is 25.9 Å². The Balaban J connectivity index is 1.91. The number of carbonyl (C=O) groups excluding carboxylic acids is 1. The molecule has 2 N–H and O–H groups in total. The van der Waals surface area contributed by atoms with Crippen molar-refractivity contribution in [1.29, 1.82) is 0 Å². The standard InChI is InChI=1S/C10H16N4O/c1-14-7-8(6-12-14)10(15)13-9-2-4-11-5-3-9/h6-7,9,11H,2-5H2,1H3,(H,13,15). The number of rotatable bonds is 2. The maximum atomic E-state index is 11.7. The Hall–Kier alpha value is -1.36. The van der Waals surface area contributed by atoms with Gasteiger partial charge in [0.15, 0.2) is 0 Å². The molecule has 0 radical (unpaired) electrons. The number of aromatic nitrogens is 2. The predicted molar refractivity (Wildman–Crippen MR) is 56.6 cm³/mol. The molecule has 5 heteroatoms. The summed E-state index contributed by atoms with van der Waals surface area (Å²) in [6.07, 6.45) is 5.34. The van der Waals surface area contributed by atoms with Crippen LogP contribution in [0.4, 0.5) is 0 Å². The molecule has 1 fully saturated rings. The number of piperidine rings is 1. The molecular weight excluding hydrogens is 192 g/mol. The fourth-order valence-corrected chi connectivity index (χ4v) is 1.77. The third kappa shape index (κ3) is 2.56. The summed E-state index contributed by atoms with van der Waals surface area (Å²) in [4.78, 5) is 11.7. The lowest BCUT2D eigenvalue weighted by Gasteiger charge is -2.23. The third-order valence-corrected chi connectivity index (χ3v) is 2.64. The quantitative estimate of drug-likeness (QED) is 0.713. The van der Waals surface area contributed by atoms with Crippen LogP contribution in [0.15, 0.2) is 12.4 Å². The molecule has 1 aromatic rings. The van der Waals surface area contributed by atoms with E-state index in [1.807, 2.05) is 0 Å². The van der Waals surface area contributed by atoms with Crippen LogP contribution in [0, 0.1) is 0 Å². The number of amides is 1. The highest BCUT2D eigenvalue weighted by atomic mass is 16.1. The first-order valence-electron chi connectivity index (χ1n) is 5.26. The second-order valence-corrected chi connectivity index (χ2v) is 3.90. The summed E-state index contributed by atoms with van der Waals surface area (Å²) in [5.41, 5.74) is 0.635. The van der Waals surface area contributed by atoms with Gasteiger partial charge in [0.05, 0.1) is 11.8 Å². The molecule has 1 saturated heterocycles. The maximum Gasteiger partial charge on any atom is 0.254 e. The van der Waals surface area contributed by atoms with Crippen LogP contribution in [0.3, 0.4) is 0 Å². The summed E-state index contributed by atoms with van der Waals surface area (Å²) in [6.45, 7) is 1.97. The van der Waals surface area contributed by atoms with Gasteiger partial charge < -0.3 is 10.6 Å². The fourth-order valence-electron chi connectivity index (χ4n) is 1.77. The van der Waals surface area contributed by atoms with E-state index in [2.05, 4.69) is 15.7 Å². The SMILES string of the molecule is Cn1cc(C(=O)NC2CCNCC2)cn1. The third-order valence-electron chi connectivity index (χ3n) is 2.64. The summed E-state index contributed by atoms with van der Waals surface area (Å²) in [5, 5.41) is 10.3. The Labute approximate surface area is 88.8 Å². The average molecular weight is 208 g/mol. The number of nitrogens with zero attached hydrogens (tertiary/aromatic N) is 2. The number of carbonyl (C=O) groups is 1. The van der Waals surface area contributed by atoms with E-state index in [-0.39, 0.29) is 5.91 Å². The number of hydrogen-bond donors (Lipinski definition) is 2. The van der Waals surface area contributed by atoms with Gasteiger partial charge in [0.1, 0.15) is 0 Å². The molecule has 82 valence electrons. The number of hydrogen-bond acceptors (Lipinski definition) is 3. The molecule has 0 bridgehead atoms. The van der Waals surface area contributed by atoms with Gasteiger partial charge in [-0.3, -0.25) is 9.48 Å². The van der Waals surface area contributed by atoms with Crippen molar-refractivity contribution in [3.63, 3.8) is 0 Å². The van der Waals surface area contributed by atoms with E-state index in [1.165, 1.54) is 0 Å². The van der Waals surface area contributed by atoms with E-state index in [4.69, 9.17) is 0 Å². The van der Waals surface area contributed by atoms with Crippen LogP contribution in [0.25, 0.3) is 0 Å². The number of aryl methyl sites for hydroxylation is 1.